The normalized spacial score (nSPS) is 14.6. The SMILES string of the molecule is CC(C)CC(NC(=O)C(CO)NC(=O)C(CS)NC(=O)C(N)CCCN=C(N)N)C(=O)O. The van der Waals surface area contributed by atoms with Crippen LogP contribution in [0.1, 0.15) is 33.1 Å². The molecule has 0 aliphatic rings. The van der Waals surface area contributed by atoms with Gasteiger partial charge in [-0.25, -0.2) is 4.79 Å². The van der Waals surface area contributed by atoms with E-state index < -0.39 is 54.5 Å². The van der Waals surface area contributed by atoms with Crippen LogP contribution in [-0.4, -0.2) is 82.9 Å². The van der Waals surface area contributed by atoms with E-state index in [9.17, 15) is 29.4 Å². The molecule has 3 amide bonds. The molecule has 0 aliphatic heterocycles. The van der Waals surface area contributed by atoms with Gasteiger partial charge in [0.05, 0.1) is 12.6 Å². The van der Waals surface area contributed by atoms with Gasteiger partial charge >= 0.3 is 5.97 Å². The first-order valence-electron chi connectivity index (χ1n) is 10.1. The third kappa shape index (κ3) is 11.7. The number of guanidine groups is 1. The minimum Gasteiger partial charge on any atom is -0.480 e. The molecule has 0 radical (unpaired) electrons. The van der Waals surface area contributed by atoms with Crippen molar-refractivity contribution in [1.82, 2.24) is 16.0 Å². The number of aliphatic imine (C=N–C) groups is 1. The van der Waals surface area contributed by atoms with Crippen molar-refractivity contribution in [2.24, 2.45) is 28.1 Å². The predicted molar refractivity (Wildman–Crippen MR) is 122 cm³/mol. The molecule has 14 heteroatoms. The highest BCUT2D eigenvalue weighted by Gasteiger charge is 2.29. The van der Waals surface area contributed by atoms with E-state index in [1.807, 2.05) is 0 Å². The third-order valence-corrected chi connectivity index (χ3v) is 4.62. The molecule has 0 heterocycles. The standard InChI is InChI=1S/C18H35N7O6S/c1-9(2)6-11(17(30)31)23-15(28)12(7-26)24-16(29)13(8-32)25-14(27)10(19)4-3-5-22-18(20)21/h9-13,26,32H,3-8,19H2,1-2H3,(H,23,28)(H,24,29)(H,25,27)(H,30,31)(H4,20,21,22). The molecule has 0 spiro atoms. The molecule has 0 saturated heterocycles. The molecule has 13 nitrogen and oxygen atoms in total. The highest BCUT2D eigenvalue weighted by Crippen LogP contribution is 2.05. The number of nitrogens with zero attached hydrogens (tertiary/aromatic N) is 1. The number of amides is 3. The van der Waals surface area contributed by atoms with E-state index in [-0.39, 0.29) is 30.5 Å². The summed E-state index contributed by atoms with van der Waals surface area (Å²) in [4.78, 5) is 52.1. The molecule has 0 aromatic rings. The molecular weight excluding hydrogens is 442 g/mol. The molecule has 32 heavy (non-hydrogen) atoms. The number of thiol groups is 1. The Morgan fingerprint density at radius 2 is 1.50 bits per heavy atom. The smallest absolute Gasteiger partial charge is 0.326 e. The fourth-order valence-corrected chi connectivity index (χ4v) is 2.81. The Morgan fingerprint density at radius 1 is 0.969 bits per heavy atom. The van der Waals surface area contributed by atoms with Crippen molar-refractivity contribution in [3.63, 3.8) is 0 Å². The maximum Gasteiger partial charge on any atom is 0.326 e. The molecule has 0 aromatic heterocycles. The Kier molecular flexibility index (Phi) is 14.0. The zero-order valence-corrected chi connectivity index (χ0v) is 19.2. The average molecular weight is 478 g/mol. The molecule has 4 unspecified atom stereocenters. The first kappa shape index (κ1) is 29.4. The molecular formula is C18H35N7O6S. The van der Waals surface area contributed by atoms with Crippen LogP contribution in [0, 0.1) is 5.92 Å². The van der Waals surface area contributed by atoms with Gasteiger partial charge in [0.15, 0.2) is 5.96 Å². The van der Waals surface area contributed by atoms with Gasteiger partial charge in [0.1, 0.15) is 18.1 Å². The lowest BCUT2D eigenvalue weighted by Crippen LogP contribution is -2.58. The van der Waals surface area contributed by atoms with Crippen molar-refractivity contribution < 1.29 is 29.4 Å². The number of carbonyl (C=O) groups is 4. The van der Waals surface area contributed by atoms with E-state index >= 15 is 0 Å². The second-order valence-electron chi connectivity index (χ2n) is 7.57. The Morgan fingerprint density at radius 3 is 1.97 bits per heavy atom. The summed E-state index contributed by atoms with van der Waals surface area (Å²) in [5, 5.41) is 25.7. The van der Waals surface area contributed by atoms with E-state index in [1.165, 1.54) is 0 Å². The van der Waals surface area contributed by atoms with Crippen LogP contribution in [0.15, 0.2) is 4.99 Å². The number of carboxylic acid groups (broad SMARTS) is 1. The lowest BCUT2D eigenvalue weighted by atomic mass is 10.0. The lowest BCUT2D eigenvalue weighted by Gasteiger charge is -2.24. The Bertz CT molecular complexity index is 672. The van der Waals surface area contributed by atoms with Gasteiger partial charge in [-0.15, -0.1) is 0 Å². The van der Waals surface area contributed by atoms with Crippen LogP contribution in [0.4, 0.5) is 0 Å². The van der Waals surface area contributed by atoms with Crippen LogP contribution in [0.25, 0.3) is 0 Å². The maximum absolute atomic E-state index is 12.5. The quantitative estimate of drug-likeness (QED) is 0.0501. The second kappa shape index (κ2) is 15.3. The topological polar surface area (TPSA) is 235 Å². The van der Waals surface area contributed by atoms with Crippen molar-refractivity contribution in [1.29, 1.82) is 0 Å². The summed E-state index contributed by atoms with van der Waals surface area (Å²) in [7, 11) is 0. The summed E-state index contributed by atoms with van der Waals surface area (Å²) >= 11 is 4.03. The lowest BCUT2D eigenvalue weighted by molar-refractivity contribution is -0.143. The number of rotatable bonds is 15. The highest BCUT2D eigenvalue weighted by molar-refractivity contribution is 7.80. The number of carbonyl (C=O) groups excluding carboxylic acids is 3. The summed E-state index contributed by atoms with van der Waals surface area (Å²) in [6, 6.07) is -4.65. The summed E-state index contributed by atoms with van der Waals surface area (Å²) in [6.45, 7) is 3.10. The van der Waals surface area contributed by atoms with Crippen molar-refractivity contribution >= 4 is 42.3 Å². The van der Waals surface area contributed by atoms with Gasteiger partial charge in [0.2, 0.25) is 17.7 Å². The first-order chi connectivity index (χ1) is 14.9. The van der Waals surface area contributed by atoms with Gasteiger partial charge in [0.25, 0.3) is 0 Å². The van der Waals surface area contributed by atoms with Gasteiger partial charge in [-0.3, -0.25) is 19.4 Å². The van der Waals surface area contributed by atoms with Gasteiger partial charge in [0, 0.05) is 12.3 Å². The van der Waals surface area contributed by atoms with Crippen LogP contribution >= 0.6 is 12.6 Å². The van der Waals surface area contributed by atoms with E-state index in [0.717, 1.165) is 0 Å². The number of carboxylic acids is 1. The van der Waals surface area contributed by atoms with Crippen molar-refractivity contribution in [3.05, 3.63) is 0 Å². The molecule has 0 aliphatic carbocycles. The van der Waals surface area contributed by atoms with Crippen molar-refractivity contribution in [2.75, 3.05) is 18.9 Å². The average Bonchev–Trinajstić information content (AvgIpc) is 2.71. The van der Waals surface area contributed by atoms with E-state index in [1.54, 1.807) is 13.8 Å². The monoisotopic (exact) mass is 477 g/mol. The fraction of sp³-hybridized carbons (Fsp3) is 0.722. The maximum atomic E-state index is 12.5. The van der Waals surface area contributed by atoms with Crippen molar-refractivity contribution in [3.8, 4) is 0 Å². The summed E-state index contributed by atoms with van der Waals surface area (Å²) < 4.78 is 0. The molecule has 0 aromatic carbocycles. The number of hydrogen-bond acceptors (Lipinski definition) is 8. The third-order valence-electron chi connectivity index (χ3n) is 4.26. The molecule has 0 rings (SSSR count). The second-order valence-corrected chi connectivity index (χ2v) is 7.94. The Hall–Kier alpha value is -2.58. The zero-order valence-electron chi connectivity index (χ0n) is 18.3. The van der Waals surface area contributed by atoms with Crippen LogP contribution in [0.2, 0.25) is 0 Å². The fourth-order valence-electron chi connectivity index (χ4n) is 2.55. The molecule has 0 bridgehead atoms. The number of aliphatic hydroxyl groups is 1. The van der Waals surface area contributed by atoms with Crippen LogP contribution in [0.3, 0.4) is 0 Å². The van der Waals surface area contributed by atoms with E-state index in [4.69, 9.17) is 17.2 Å². The number of hydrogen-bond donors (Lipinski definition) is 9. The van der Waals surface area contributed by atoms with Crippen LogP contribution in [-0.2, 0) is 19.2 Å². The largest absolute Gasteiger partial charge is 0.480 e. The molecule has 0 fully saturated rings. The van der Waals surface area contributed by atoms with Crippen LogP contribution < -0.4 is 33.2 Å². The van der Waals surface area contributed by atoms with Gasteiger partial charge in [-0.1, -0.05) is 13.8 Å². The Labute approximate surface area is 192 Å². The number of aliphatic carboxylic acids is 1. The minimum absolute atomic E-state index is 0.00832. The summed E-state index contributed by atoms with van der Waals surface area (Å²) in [5.41, 5.74) is 16.2. The predicted octanol–water partition coefficient (Wildman–Crippen LogP) is -3.13. The minimum atomic E-state index is -1.41. The molecule has 0 saturated carbocycles. The number of aliphatic hydroxyl groups excluding tert-OH is 1. The zero-order chi connectivity index (χ0) is 24.8. The molecule has 4 atom stereocenters. The van der Waals surface area contributed by atoms with Gasteiger partial charge in [-0.2, -0.15) is 12.6 Å². The molecule has 11 N–H and O–H groups in total. The summed E-state index contributed by atoms with van der Waals surface area (Å²) in [6.07, 6.45) is 0.874. The molecule has 184 valence electrons. The number of nitrogens with two attached hydrogens (primary N) is 3. The summed E-state index contributed by atoms with van der Waals surface area (Å²) in [5.74, 6) is -3.69. The Balaban J connectivity index is 4.88. The number of nitrogens with one attached hydrogen (secondary N) is 3. The highest BCUT2D eigenvalue weighted by atomic mass is 32.1. The first-order valence-corrected chi connectivity index (χ1v) is 10.7. The van der Waals surface area contributed by atoms with E-state index in [0.29, 0.717) is 13.0 Å². The van der Waals surface area contributed by atoms with E-state index in [2.05, 4.69) is 33.6 Å². The van der Waals surface area contributed by atoms with Crippen LogP contribution in [0.5, 0.6) is 0 Å². The van der Waals surface area contributed by atoms with Gasteiger partial charge < -0.3 is 43.4 Å². The van der Waals surface area contributed by atoms with Gasteiger partial charge in [-0.05, 0) is 25.2 Å². The van der Waals surface area contributed by atoms with Crippen molar-refractivity contribution in [2.45, 2.75) is 57.3 Å².